The van der Waals surface area contributed by atoms with Gasteiger partial charge in [-0.2, -0.15) is 5.26 Å². The van der Waals surface area contributed by atoms with Crippen LogP contribution in [0.1, 0.15) is 10.5 Å². The third kappa shape index (κ3) is 3.70. The Morgan fingerprint density at radius 2 is 2.25 bits per heavy atom. The van der Waals surface area contributed by atoms with E-state index in [9.17, 15) is 4.79 Å². The SMILES string of the molecule is N#CCOc1cccc(NC(=O)c2cc(Cl)ccn2)c1. The van der Waals surface area contributed by atoms with E-state index in [0.717, 1.165) is 0 Å². The van der Waals surface area contributed by atoms with Crippen molar-refractivity contribution in [3.05, 3.63) is 53.3 Å². The molecular weight excluding hydrogens is 278 g/mol. The number of hydrogen-bond acceptors (Lipinski definition) is 4. The molecule has 20 heavy (non-hydrogen) atoms. The van der Waals surface area contributed by atoms with Gasteiger partial charge in [-0.3, -0.25) is 9.78 Å². The van der Waals surface area contributed by atoms with Gasteiger partial charge in [0.1, 0.15) is 17.5 Å². The first-order valence-corrected chi connectivity index (χ1v) is 6.09. The molecule has 1 aromatic heterocycles. The number of aromatic nitrogens is 1. The van der Waals surface area contributed by atoms with E-state index in [2.05, 4.69) is 10.3 Å². The van der Waals surface area contributed by atoms with Crippen LogP contribution in [0.4, 0.5) is 5.69 Å². The number of carbonyl (C=O) groups is 1. The molecule has 5 nitrogen and oxygen atoms in total. The van der Waals surface area contributed by atoms with Gasteiger partial charge in [-0.05, 0) is 24.3 Å². The predicted octanol–water partition coefficient (Wildman–Crippen LogP) is 2.89. The number of nitrogens with zero attached hydrogens (tertiary/aromatic N) is 2. The average Bonchev–Trinajstić information content (AvgIpc) is 2.45. The number of benzene rings is 1. The van der Waals surface area contributed by atoms with Gasteiger partial charge in [0.15, 0.2) is 6.61 Å². The summed E-state index contributed by atoms with van der Waals surface area (Å²) in [7, 11) is 0. The molecule has 1 heterocycles. The molecule has 0 spiro atoms. The lowest BCUT2D eigenvalue weighted by Gasteiger charge is -2.07. The van der Waals surface area contributed by atoms with Crippen LogP contribution in [0.25, 0.3) is 0 Å². The molecule has 0 bridgehead atoms. The molecule has 2 rings (SSSR count). The zero-order valence-corrected chi connectivity index (χ0v) is 11.1. The van der Waals surface area contributed by atoms with Gasteiger partial charge in [-0.25, -0.2) is 0 Å². The van der Waals surface area contributed by atoms with Crippen molar-refractivity contribution in [2.45, 2.75) is 0 Å². The van der Waals surface area contributed by atoms with Crippen LogP contribution < -0.4 is 10.1 Å². The van der Waals surface area contributed by atoms with E-state index >= 15 is 0 Å². The Bertz CT molecular complexity index is 667. The summed E-state index contributed by atoms with van der Waals surface area (Å²) in [6, 6.07) is 11.7. The topological polar surface area (TPSA) is 75.0 Å². The van der Waals surface area contributed by atoms with Crippen molar-refractivity contribution >= 4 is 23.2 Å². The Morgan fingerprint density at radius 3 is 3.00 bits per heavy atom. The molecule has 100 valence electrons. The molecule has 0 aliphatic heterocycles. The van der Waals surface area contributed by atoms with Gasteiger partial charge >= 0.3 is 0 Å². The normalized spacial score (nSPS) is 9.60. The number of hydrogen-bond donors (Lipinski definition) is 1. The summed E-state index contributed by atoms with van der Waals surface area (Å²) < 4.78 is 5.15. The molecule has 1 N–H and O–H groups in total. The van der Waals surface area contributed by atoms with Crippen LogP contribution in [0, 0.1) is 11.3 Å². The largest absolute Gasteiger partial charge is 0.479 e. The number of carbonyl (C=O) groups excluding carboxylic acids is 1. The highest BCUT2D eigenvalue weighted by Gasteiger charge is 2.08. The standard InChI is InChI=1S/C14H10ClN3O2/c15-10-4-6-17-13(8-10)14(19)18-11-2-1-3-12(9-11)20-7-5-16/h1-4,6,8-9H,7H2,(H,18,19). The lowest BCUT2D eigenvalue weighted by Crippen LogP contribution is -2.13. The third-order valence-corrected chi connectivity index (χ3v) is 2.59. The second-order valence-corrected chi connectivity index (χ2v) is 4.22. The number of nitrogens with one attached hydrogen (secondary N) is 1. The lowest BCUT2D eigenvalue weighted by atomic mass is 10.2. The zero-order valence-electron chi connectivity index (χ0n) is 10.3. The van der Waals surface area contributed by atoms with E-state index in [0.29, 0.717) is 16.5 Å². The van der Waals surface area contributed by atoms with Gasteiger partial charge in [0, 0.05) is 23.0 Å². The first-order valence-electron chi connectivity index (χ1n) is 5.72. The smallest absolute Gasteiger partial charge is 0.274 e. The highest BCUT2D eigenvalue weighted by Crippen LogP contribution is 2.18. The van der Waals surface area contributed by atoms with E-state index < -0.39 is 0 Å². The molecule has 0 aliphatic rings. The third-order valence-electron chi connectivity index (χ3n) is 2.35. The van der Waals surface area contributed by atoms with Crippen molar-refractivity contribution in [2.24, 2.45) is 0 Å². The van der Waals surface area contributed by atoms with Crippen molar-refractivity contribution in [1.29, 1.82) is 5.26 Å². The number of anilines is 1. The summed E-state index contributed by atoms with van der Waals surface area (Å²) in [4.78, 5) is 15.9. The summed E-state index contributed by atoms with van der Waals surface area (Å²) in [5, 5.41) is 11.6. The van der Waals surface area contributed by atoms with Gasteiger partial charge < -0.3 is 10.1 Å². The minimum atomic E-state index is -0.370. The van der Waals surface area contributed by atoms with Crippen LogP contribution in [0.15, 0.2) is 42.6 Å². The van der Waals surface area contributed by atoms with Gasteiger partial charge in [-0.15, -0.1) is 0 Å². The fraction of sp³-hybridized carbons (Fsp3) is 0.0714. The van der Waals surface area contributed by atoms with E-state index in [-0.39, 0.29) is 18.2 Å². The minimum absolute atomic E-state index is 0.0484. The highest BCUT2D eigenvalue weighted by molar-refractivity contribution is 6.30. The highest BCUT2D eigenvalue weighted by atomic mass is 35.5. The number of halogens is 1. The van der Waals surface area contributed by atoms with Crippen molar-refractivity contribution in [3.8, 4) is 11.8 Å². The number of pyridine rings is 1. The summed E-state index contributed by atoms with van der Waals surface area (Å²) >= 11 is 5.80. The molecule has 2 aromatic rings. The molecule has 0 saturated heterocycles. The second kappa shape index (κ2) is 6.55. The number of amides is 1. The van der Waals surface area contributed by atoms with E-state index in [4.69, 9.17) is 21.6 Å². The van der Waals surface area contributed by atoms with E-state index in [1.54, 1.807) is 30.3 Å². The maximum absolute atomic E-state index is 12.0. The fourth-order valence-electron chi connectivity index (χ4n) is 1.50. The summed E-state index contributed by atoms with van der Waals surface area (Å²) in [6.45, 7) is -0.0484. The van der Waals surface area contributed by atoms with Crippen LogP contribution in [0.3, 0.4) is 0 Å². The second-order valence-electron chi connectivity index (χ2n) is 3.79. The molecule has 1 aromatic carbocycles. The molecular formula is C14H10ClN3O2. The van der Waals surface area contributed by atoms with Crippen LogP contribution in [0.2, 0.25) is 5.02 Å². The Morgan fingerprint density at radius 1 is 1.40 bits per heavy atom. The summed E-state index contributed by atoms with van der Waals surface area (Å²) in [6.07, 6.45) is 1.46. The van der Waals surface area contributed by atoms with Gasteiger partial charge in [-0.1, -0.05) is 17.7 Å². The number of nitriles is 1. The van der Waals surface area contributed by atoms with Crippen molar-refractivity contribution in [2.75, 3.05) is 11.9 Å². The van der Waals surface area contributed by atoms with E-state index in [1.807, 2.05) is 6.07 Å². The summed E-state index contributed by atoms with van der Waals surface area (Å²) in [5.74, 6) is 0.133. The van der Waals surface area contributed by atoms with Crippen LogP contribution in [-0.4, -0.2) is 17.5 Å². The Kier molecular flexibility index (Phi) is 4.53. The molecule has 0 radical (unpaired) electrons. The monoisotopic (exact) mass is 287 g/mol. The average molecular weight is 288 g/mol. The Balaban J connectivity index is 2.10. The predicted molar refractivity (Wildman–Crippen MR) is 74.8 cm³/mol. The maximum Gasteiger partial charge on any atom is 0.274 e. The van der Waals surface area contributed by atoms with Crippen LogP contribution in [0.5, 0.6) is 5.75 Å². The Hall–Kier alpha value is -2.58. The molecule has 0 unspecified atom stereocenters. The van der Waals surface area contributed by atoms with Gasteiger partial charge in [0.05, 0.1) is 0 Å². The first-order chi connectivity index (χ1) is 9.69. The van der Waals surface area contributed by atoms with Crippen LogP contribution in [-0.2, 0) is 0 Å². The van der Waals surface area contributed by atoms with Crippen molar-refractivity contribution in [1.82, 2.24) is 4.98 Å². The molecule has 0 atom stereocenters. The first kappa shape index (κ1) is 13.8. The number of rotatable bonds is 4. The van der Waals surface area contributed by atoms with Gasteiger partial charge in [0.25, 0.3) is 5.91 Å². The summed E-state index contributed by atoms with van der Waals surface area (Å²) in [5.41, 5.74) is 0.771. The molecule has 1 amide bonds. The minimum Gasteiger partial charge on any atom is -0.479 e. The van der Waals surface area contributed by atoms with Crippen molar-refractivity contribution in [3.63, 3.8) is 0 Å². The molecule has 0 aliphatic carbocycles. The lowest BCUT2D eigenvalue weighted by molar-refractivity contribution is 0.102. The quantitative estimate of drug-likeness (QED) is 0.938. The molecule has 0 fully saturated rings. The number of ether oxygens (including phenoxy) is 1. The van der Waals surface area contributed by atoms with Gasteiger partial charge in [0.2, 0.25) is 0 Å². The van der Waals surface area contributed by atoms with Crippen molar-refractivity contribution < 1.29 is 9.53 Å². The van der Waals surface area contributed by atoms with E-state index in [1.165, 1.54) is 12.3 Å². The Labute approximate surface area is 120 Å². The zero-order chi connectivity index (χ0) is 14.4. The molecule has 6 heteroatoms. The van der Waals surface area contributed by atoms with Crippen LogP contribution >= 0.6 is 11.6 Å². The maximum atomic E-state index is 12.0. The molecule has 0 saturated carbocycles. The fourth-order valence-corrected chi connectivity index (χ4v) is 1.66.